The lowest BCUT2D eigenvalue weighted by Gasteiger charge is -2.40. The highest BCUT2D eigenvalue weighted by Gasteiger charge is 2.42. The summed E-state index contributed by atoms with van der Waals surface area (Å²) in [6.45, 7) is 5.17. The average molecular weight is 301 g/mol. The second-order valence-corrected chi connectivity index (χ2v) is 8.78. The van der Waals surface area contributed by atoms with Crippen molar-refractivity contribution in [3.05, 3.63) is 0 Å². The van der Waals surface area contributed by atoms with Crippen LogP contribution in [0, 0.1) is 5.41 Å². The first-order chi connectivity index (χ1) is 9.52. The van der Waals surface area contributed by atoms with Crippen LogP contribution in [0.15, 0.2) is 0 Å². The van der Waals surface area contributed by atoms with Crippen molar-refractivity contribution >= 4 is 10.2 Å². The summed E-state index contributed by atoms with van der Waals surface area (Å²) >= 11 is 0. The molecule has 0 atom stereocenters. The van der Waals surface area contributed by atoms with Crippen LogP contribution in [0.2, 0.25) is 0 Å². The summed E-state index contributed by atoms with van der Waals surface area (Å²) < 4.78 is 28.7. The van der Waals surface area contributed by atoms with Crippen molar-refractivity contribution in [3.8, 4) is 0 Å². The Labute approximate surface area is 123 Å². The molecular formula is C14H27N3O2S. The van der Waals surface area contributed by atoms with E-state index in [0.717, 1.165) is 32.2 Å². The summed E-state index contributed by atoms with van der Waals surface area (Å²) in [7, 11) is -1.02. The number of nitrogens with zero attached hydrogens (tertiary/aromatic N) is 3. The van der Waals surface area contributed by atoms with Gasteiger partial charge in [0, 0.05) is 32.7 Å². The van der Waals surface area contributed by atoms with Gasteiger partial charge in [0.2, 0.25) is 0 Å². The maximum Gasteiger partial charge on any atom is 0.281 e. The van der Waals surface area contributed by atoms with Gasteiger partial charge in [-0.1, -0.05) is 6.42 Å². The maximum atomic E-state index is 12.6. The normalized spacial score (nSPS) is 30.1. The third kappa shape index (κ3) is 2.75. The van der Waals surface area contributed by atoms with Crippen molar-refractivity contribution in [2.45, 2.75) is 38.5 Å². The quantitative estimate of drug-likeness (QED) is 0.768. The fourth-order valence-corrected chi connectivity index (χ4v) is 5.71. The zero-order valence-electron chi connectivity index (χ0n) is 12.6. The highest BCUT2D eigenvalue weighted by Crippen LogP contribution is 2.40. The SMILES string of the molecule is CN1CCC2(CCN(S(=O)(=O)N3CCCCC3)CC2)C1. The Morgan fingerprint density at radius 2 is 1.35 bits per heavy atom. The van der Waals surface area contributed by atoms with Crippen LogP contribution in [0.1, 0.15) is 38.5 Å². The van der Waals surface area contributed by atoms with Crippen molar-refractivity contribution < 1.29 is 8.42 Å². The van der Waals surface area contributed by atoms with Crippen LogP contribution in [-0.2, 0) is 10.2 Å². The molecule has 3 fully saturated rings. The van der Waals surface area contributed by atoms with E-state index in [1.54, 1.807) is 8.61 Å². The number of rotatable bonds is 2. The Balaban J connectivity index is 1.62. The van der Waals surface area contributed by atoms with Gasteiger partial charge in [0.05, 0.1) is 0 Å². The van der Waals surface area contributed by atoms with Gasteiger partial charge in [-0.15, -0.1) is 0 Å². The molecule has 0 unspecified atom stereocenters. The van der Waals surface area contributed by atoms with E-state index in [-0.39, 0.29) is 0 Å². The third-order valence-electron chi connectivity index (χ3n) is 5.38. The summed E-state index contributed by atoms with van der Waals surface area (Å²) in [6, 6.07) is 0. The lowest BCUT2D eigenvalue weighted by atomic mass is 9.78. The van der Waals surface area contributed by atoms with E-state index in [0.29, 0.717) is 31.6 Å². The van der Waals surface area contributed by atoms with Crippen LogP contribution < -0.4 is 0 Å². The van der Waals surface area contributed by atoms with Crippen LogP contribution >= 0.6 is 0 Å². The molecule has 3 aliphatic rings. The van der Waals surface area contributed by atoms with Crippen LogP contribution in [0.25, 0.3) is 0 Å². The predicted molar refractivity (Wildman–Crippen MR) is 79.7 cm³/mol. The van der Waals surface area contributed by atoms with E-state index in [2.05, 4.69) is 11.9 Å². The average Bonchev–Trinajstić information content (AvgIpc) is 2.81. The molecule has 6 heteroatoms. The Morgan fingerprint density at radius 1 is 0.800 bits per heavy atom. The molecule has 0 N–H and O–H groups in total. The first-order valence-corrected chi connectivity index (χ1v) is 9.35. The van der Waals surface area contributed by atoms with E-state index in [9.17, 15) is 8.42 Å². The molecule has 0 aromatic rings. The molecule has 0 aromatic heterocycles. The van der Waals surface area contributed by atoms with Crippen molar-refractivity contribution in [1.29, 1.82) is 0 Å². The number of piperidine rings is 2. The topological polar surface area (TPSA) is 43.9 Å². The fraction of sp³-hybridized carbons (Fsp3) is 1.00. The molecule has 5 nitrogen and oxygen atoms in total. The Morgan fingerprint density at radius 3 is 1.90 bits per heavy atom. The van der Waals surface area contributed by atoms with E-state index < -0.39 is 10.2 Å². The molecule has 3 aliphatic heterocycles. The van der Waals surface area contributed by atoms with Crippen molar-refractivity contribution in [2.75, 3.05) is 46.3 Å². The molecule has 3 heterocycles. The standard InChI is InChI=1S/C14H27N3O2S/c1-15-10-5-14(13-15)6-11-17(12-7-14)20(18,19)16-8-3-2-4-9-16/h2-13H2,1H3. The summed E-state index contributed by atoms with van der Waals surface area (Å²) in [5, 5.41) is 0. The molecule has 0 aliphatic carbocycles. The van der Waals surface area contributed by atoms with E-state index >= 15 is 0 Å². The molecule has 3 saturated heterocycles. The minimum atomic E-state index is -3.19. The molecule has 1 spiro atoms. The van der Waals surface area contributed by atoms with Gasteiger partial charge in [0.15, 0.2) is 0 Å². The first kappa shape index (κ1) is 14.8. The molecule has 20 heavy (non-hydrogen) atoms. The highest BCUT2D eigenvalue weighted by molar-refractivity contribution is 7.86. The third-order valence-corrected chi connectivity index (χ3v) is 7.42. The van der Waals surface area contributed by atoms with Gasteiger partial charge >= 0.3 is 0 Å². The second-order valence-electron chi connectivity index (χ2n) is 6.85. The maximum absolute atomic E-state index is 12.6. The van der Waals surface area contributed by atoms with E-state index in [1.165, 1.54) is 19.4 Å². The molecule has 116 valence electrons. The van der Waals surface area contributed by atoms with E-state index in [4.69, 9.17) is 0 Å². The summed E-state index contributed by atoms with van der Waals surface area (Å²) in [6.07, 6.45) is 6.50. The molecule has 3 rings (SSSR count). The largest absolute Gasteiger partial charge is 0.306 e. The van der Waals surface area contributed by atoms with Gasteiger partial charge in [-0.3, -0.25) is 0 Å². The molecule has 0 aromatic carbocycles. The lowest BCUT2D eigenvalue weighted by molar-refractivity contribution is 0.154. The summed E-state index contributed by atoms with van der Waals surface area (Å²) in [5.41, 5.74) is 0.392. The molecule has 0 radical (unpaired) electrons. The summed E-state index contributed by atoms with van der Waals surface area (Å²) in [5.74, 6) is 0. The Bertz CT molecular complexity index is 437. The molecule has 0 amide bonds. The monoisotopic (exact) mass is 301 g/mol. The van der Waals surface area contributed by atoms with Crippen molar-refractivity contribution in [1.82, 2.24) is 13.5 Å². The zero-order chi connectivity index (χ0) is 14.2. The van der Waals surface area contributed by atoms with Crippen molar-refractivity contribution in [3.63, 3.8) is 0 Å². The van der Waals surface area contributed by atoms with Gasteiger partial charge in [-0.25, -0.2) is 0 Å². The van der Waals surface area contributed by atoms with Crippen LogP contribution in [0.4, 0.5) is 0 Å². The lowest BCUT2D eigenvalue weighted by Crippen LogP contribution is -2.50. The minimum absolute atomic E-state index is 0.392. The minimum Gasteiger partial charge on any atom is -0.306 e. The number of hydrogen-bond donors (Lipinski definition) is 0. The van der Waals surface area contributed by atoms with Crippen molar-refractivity contribution in [2.24, 2.45) is 5.41 Å². The second kappa shape index (κ2) is 5.55. The number of likely N-dealkylation sites (tertiary alicyclic amines) is 1. The molecule has 0 saturated carbocycles. The predicted octanol–water partition coefficient (Wildman–Crippen LogP) is 1.13. The van der Waals surface area contributed by atoms with E-state index in [1.807, 2.05) is 0 Å². The first-order valence-electron chi connectivity index (χ1n) is 7.96. The van der Waals surface area contributed by atoms with Crippen LogP contribution in [0.5, 0.6) is 0 Å². The van der Waals surface area contributed by atoms with Gasteiger partial charge < -0.3 is 4.90 Å². The van der Waals surface area contributed by atoms with Crippen LogP contribution in [0.3, 0.4) is 0 Å². The molecule has 0 bridgehead atoms. The molecular weight excluding hydrogens is 274 g/mol. The fourth-order valence-electron chi connectivity index (χ4n) is 4.02. The highest BCUT2D eigenvalue weighted by atomic mass is 32.2. The number of hydrogen-bond acceptors (Lipinski definition) is 3. The Kier molecular flexibility index (Phi) is 4.10. The van der Waals surface area contributed by atoms with Gasteiger partial charge in [-0.05, 0) is 51.1 Å². The van der Waals surface area contributed by atoms with Gasteiger partial charge in [-0.2, -0.15) is 17.0 Å². The van der Waals surface area contributed by atoms with Gasteiger partial charge in [0.25, 0.3) is 10.2 Å². The summed E-state index contributed by atoms with van der Waals surface area (Å²) in [4.78, 5) is 2.38. The zero-order valence-corrected chi connectivity index (χ0v) is 13.4. The smallest absolute Gasteiger partial charge is 0.281 e. The van der Waals surface area contributed by atoms with Gasteiger partial charge in [0.1, 0.15) is 0 Å². The Hall–Kier alpha value is -0.170. The van der Waals surface area contributed by atoms with Crippen LogP contribution in [-0.4, -0.2) is 68.2 Å².